The number of nitrogens with two attached hydrogens (primary N) is 2. The van der Waals surface area contributed by atoms with E-state index in [9.17, 15) is 0 Å². The fourth-order valence-electron chi connectivity index (χ4n) is 1.73. The molecular formula is C13H31AlN2O5. The highest BCUT2D eigenvalue weighted by Crippen LogP contribution is 2.23. The molecule has 0 bridgehead atoms. The molecule has 0 aliphatic carbocycles. The molecule has 0 atom stereocenters. The van der Waals surface area contributed by atoms with Crippen molar-refractivity contribution in [2.45, 2.75) is 46.0 Å². The van der Waals surface area contributed by atoms with Crippen molar-refractivity contribution in [1.82, 2.24) is 0 Å². The highest BCUT2D eigenvalue weighted by atomic mass is 27.3. The van der Waals surface area contributed by atoms with Crippen LogP contribution < -0.4 is 11.5 Å². The Bertz CT molecular complexity index is 231. The molecule has 4 N–H and O–H groups in total. The van der Waals surface area contributed by atoms with Crippen LogP contribution in [-0.2, 0) is 20.8 Å². The van der Waals surface area contributed by atoms with E-state index >= 15 is 0 Å². The minimum absolute atomic E-state index is 0.473. The topological polar surface area (TPSA) is 98.2 Å². The zero-order valence-corrected chi connectivity index (χ0v) is 14.8. The van der Waals surface area contributed by atoms with Crippen LogP contribution in [0.5, 0.6) is 0 Å². The summed E-state index contributed by atoms with van der Waals surface area (Å²) in [4.78, 5) is 0. The Morgan fingerprint density at radius 1 is 0.857 bits per heavy atom. The molecule has 8 heteroatoms. The monoisotopic (exact) mass is 322 g/mol. The fourth-order valence-corrected chi connectivity index (χ4v) is 3.14. The van der Waals surface area contributed by atoms with Crippen LogP contribution in [0.15, 0.2) is 0 Å². The summed E-state index contributed by atoms with van der Waals surface area (Å²) in [5.74, 6) is -1.13. The molecule has 0 amide bonds. The molecular weight excluding hydrogens is 291 g/mol. The lowest BCUT2D eigenvalue weighted by Crippen LogP contribution is -2.46. The first-order chi connectivity index (χ1) is 10.2. The van der Waals surface area contributed by atoms with Crippen LogP contribution in [-0.4, -0.2) is 60.6 Å². The van der Waals surface area contributed by atoms with Gasteiger partial charge in [0.25, 0.3) is 5.97 Å². The first-order valence-corrected chi connectivity index (χ1v) is 9.18. The largest absolute Gasteiger partial charge is 0.909 e. The maximum atomic E-state index is 5.96. The van der Waals surface area contributed by atoms with Crippen LogP contribution in [0, 0.1) is 0 Å². The molecule has 0 aromatic rings. The van der Waals surface area contributed by atoms with Crippen molar-refractivity contribution in [1.29, 1.82) is 0 Å². The highest BCUT2D eigenvalue weighted by Gasteiger charge is 2.43. The van der Waals surface area contributed by atoms with Crippen LogP contribution in [0.3, 0.4) is 0 Å². The molecule has 0 aromatic carbocycles. The Kier molecular flexibility index (Phi) is 14.1. The van der Waals surface area contributed by atoms with E-state index in [4.69, 9.17) is 32.3 Å². The fraction of sp³-hybridized carbons (Fsp3) is 1.00. The van der Waals surface area contributed by atoms with Crippen LogP contribution in [0.1, 0.15) is 40.0 Å². The minimum atomic E-state index is -2.34. The third kappa shape index (κ3) is 9.79. The van der Waals surface area contributed by atoms with Crippen molar-refractivity contribution in [3.63, 3.8) is 0 Å². The number of rotatable bonds is 15. The van der Waals surface area contributed by atoms with E-state index in [1.807, 2.05) is 20.8 Å². The van der Waals surface area contributed by atoms with Crippen LogP contribution in [0.4, 0.5) is 0 Å². The quantitative estimate of drug-likeness (QED) is 0.262. The highest BCUT2D eigenvalue weighted by molar-refractivity contribution is 6.36. The molecule has 0 saturated heterocycles. The zero-order valence-electron chi connectivity index (χ0n) is 13.6. The normalized spacial score (nSPS) is 11.9. The Labute approximate surface area is 133 Å². The van der Waals surface area contributed by atoms with Crippen LogP contribution in [0.2, 0.25) is 0 Å². The molecule has 126 valence electrons. The van der Waals surface area contributed by atoms with Gasteiger partial charge in [-0.1, -0.05) is 0 Å². The minimum Gasteiger partial charge on any atom is -0.455 e. The lowest BCUT2D eigenvalue weighted by atomic mass is 10.2. The van der Waals surface area contributed by atoms with Crippen molar-refractivity contribution in [3.05, 3.63) is 0 Å². The SMILES string of the molecule is CC[O][Al]([O]CCCN)[O]C(CCCN)(OCC)OCC. The van der Waals surface area contributed by atoms with E-state index in [1.54, 1.807) is 0 Å². The molecule has 0 aliphatic heterocycles. The molecule has 0 unspecified atom stereocenters. The lowest BCUT2D eigenvalue weighted by molar-refractivity contribution is -0.355. The summed E-state index contributed by atoms with van der Waals surface area (Å²) in [5.41, 5.74) is 11.1. The van der Waals surface area contributed by atoms with Gasteiger partial charge in [0, 0.05) is 32.8 Å². The Morgan fingerprint density at radius 3 is 1.95 bits per heavy atom. The van der Waals surface area contributed by atoms with E-state index in [0.717, 1.165) is 12.8 Å². The number of hydrogen-bond donors (Lipinski definition) is 2. The van der Waals surface area contributed by atoms with Gasteiger partial charge in [-0.05, 0) is 46.7 Å². The van der Waals surface area contributed by atoms with Crippen molar-refractivity contribution in [2.24, 2.45) is 11.5 Å². The molecule has 0 rings (SSSR count). The average Bonchev–Trinajstić information content (AvgIpc) is 2.46. The predicted molar refractivity (Wildman–Crippen MR) is 82.4 cm³/mol. The van der Waals surface area contributed by atoms with Gasteiger partial charge in [-0.2, -0.15) is 0 Å². The Morgan fingerprint density at radius 2 is 1.48 bits per heavy atom. The summed E-state index contributed by atoms with van der Waals surface area (Å²) in [6.45, 7) is 8.78. The van der Waals surface area contributed by atoms with Gasteiger partial charge >= 0.3 is 15.1 Å². The second-order valence-electron chi connectivity index (χ2n) is 4.32. The van der Waals surface area contributed by atoms with Crippen molar-refractivity contribution >= 4 is 15.1 Å². The van der Waals surface area contributed by atoms with Crippen molar-refractivity contribution in [2.75, 3.05) is 39.5 Å². The van der Waals surface area contributed by atoms with Crippen LogP contribution in [0.25, 0.3) is 0 Å². The third-order valence-corrected chi connectivity index (χ3v) is 4.26. The van der Waals surface area contributed by atoms with E-state index in [2.05, 4.69) is 0 Å². The molecule has 0 saturated carbocycles. The summed E-state index contributed by atoms with van der Waals surface area (Å²) >= 11 is -2.34. The maximum Gasteiger partial charge on any atom is 0.909 e. The summed E-state index contributed by atoms with van der Waals surface area (Å²) in [6, 6.07) is 0. The molecule has 0 aromatic heterocycles. The van der Waals surface area contributed by atoms with E-state index in [-0.39, 0.29) is 0 Å². The van der Waals surface area contributed by atoms with Gasteiger partial charge in [0.1, 0.15) is 0 Å². The molecule has 0 fully saturated rings. The smallest absolute Gasteiger partial charge is 0.455 e. The molecule has 0 heterocycles. The van der Waals surface area contributed by atoms with E-state index in [1.165, 1.54) is 0 Å². The van der Waals surface area contributed by atoms with Gasteiger partial charge in [0.15, 0.2) is 0 Å². The number of ether oxygens (including phenoxy) is 2. The molecule has 0 aliphatic rings. The van der Waals surface area contributed by atoms with Gasteiger partial charge in [-0.15, -0.1) is 0 Å². The second kappa shape index (κ2) is 13.9. The summed E-state index contributed by atoms with van der Waals surface area (Å²) in [7, 11) is 0. The number of hydrogen-bond acceptors (Lipinski definition) is 7. The van der Waals surface area contributed by atoms with Gasteiger partial charge in [-0.25, -0.2) is 0 Å². The van der Waals surface area contributed by atoms with Gasteiger partial charge in [0.2, 0.25) is 0 Å². The average molecular weight is 322 g/mol. The predicted octanol–water partition coefficient (Wildman–Crippen LogP) is 0.856. The van der Waals surface area contributed by atoms with Gasteiger partial charge < -0.3 is 32.3 Å². The first kappa shape index (κ1) is 21.3. The Hall–Kier alpha value is 0.252. The molecule has 0 radical (unpaired) electrons. The van der Waals surface area contributed by atoms with Gasteiger partial charge in [0.05, 0.1) is 0 Å². The summed E-state index contributed by atoms with van der Waals surface area (Å²) in [6.07, 6.45) is 2.04. The first-order valence-electron chi connectivity index (χ1n) is 7.77. The van der Waals surface area contributed by atoms with E-state index in [0.29, 0.717) is 45.9 Å². The molecule has 21 heavy (non-hydrogen) atoms. The summed E-state index contributed by atoms with van der Waals surface area (Å²) in [5, 5.41) is 0. The molecule has 7 nitrogen and oxygen atoms in total. The van der Waals surface area contributed by atoms with Crippen molar-refractivity contribution in [3.8, 4) is 0 Å². The lowest BCUT2D eigenvalue weighted by Gasteiger charge is -2.34. The molecule has 0 spiro atoms. The maximum absolute atomic E-state index is 5.96. The van der Waals surface area contributed by atoms with Crippen LogP contribution >= 0.6 is 0 Å². The van der Waals surface area contributed by atoms with Gasteiger partial charge in [-0.3, -0.25) is 0 Å². The second-order valence-corrected chi connectivity index (χ2v) is 5.80. The zero-order chi connectivity index (χ0) is 16.0. The van der Waals surface area contributed by atoms with Crippen molar-refractivity contribution < 1.29 is 20.8 Å². The third-order valence-electron chi connectivity index (χ3n) is 2.60. The Balaban J connectivity index is 4.72. The van der Waals surface area contributed by atoms with E-state index < -0.39 is 21.1 Å². The standard InChI is InChI=1S/C8H18NO3.C3H8NO.C2H5O.Al/c1-3-11-8(10,12-4-2)6-5-7-9;4-2-1-3-5;1-2-3;/h3-7,9H2,1-2H3;1-4H2;2H2,1H3;/q3*-1;+3. The summed E-state index contributed by atoms with van der Waals surface area (Å²) < 4.78 is 28.6.